The van der Waals surface area contributed by atoms with Gasteiger partial charge in [0.1, 0.15) is 0 Å². The fraction of sp³-hybridized carbons (Fsp3) is 0.650. The molecule has 3 N–H and O–H groups in total. The van der Waals surface area contributed by atoms with Crippen LogP contribution >= 0.6 is 24.8 Å². The monoisotopic (exact) mass is 403 g/mol. The number of nitrogens with zero attached hydrogens (tertiary/aromatic N) is 1. The molecule has 0 atom stereocenters. The highest BCUT2D eigenvalue weighted by Crippen LogP contribution is 2.25. The van der Waals surface area contributed by atoms with Crippen molar-refractivity contribution in [3.63, 3.8) is 0 Å². The third-order valence-electron chi connectivity index (χ3n) is 5.73. The van der Waals surface area contributed by atoms with Crippen molar-refractivity contribution in [1.82, 2.24) is 10.2 Å². The summed E-state index contributed by atoms with van der Waals surface area (Å²) in [6.07, 6.45) is 3.92. The molecule has 1 aromatic carbocycles. The van der Waals surface area contributed by atoms with Gasteiger partial charge in [-0.2, -0.15) is 0 Å². The minimum absolute atomic E-state index is 0. The molecular formula is C20H35Cl2N3O. The van der Waals surface area contributed by atoms with Crippen LogP contribution in [0.25, 0.3) is 0 Å². The van der Waals surface area contributed by atoms with Crippen LogP contribution in [0.15, 0.2) is 30.3 Å². The first kappa shape index (κ1) is 25.2. The molecule has 1 amide bonds. The van der Waals surface area contributed by atoms with Crippen molar-refractivity contribution in [3.8, 4) is 0 Å². The van der Waals surface area contributed by atoms with Crippen molar-refractivity contribution < 1.29 is 4.79 Å². The third-order valence-corrected chi connectivity index (χ3v) is 5.73. The highest BCUT2D eigenvalue weighted by atomic mass is 35.5. The normalized spacial score (nSPS) is 15.7. The Morgan fingerprint density at radius 1 is 1.15 bits per heavy atom. The molecule has 0 bridgehead atoms. The number of halogens is 2. The smallest absolute Gasteiger partial charge is 0.227 e. The topological polar surface area (TPSA) is 58.4 Å². The number of likely N-dealkylation sites (tertiary alicyclic amines) is 1. The van der Waals surface area contributed by atoms with Gasteiger partial charge < -0.3 is 11.1 Å². The average molecular weight is 404 g/mol. The highest BCUT2D eigenvalue weighted by molar-refractivity contribution is 5.85. The van der Waals surface area contributed by atoms with E-state index in [1.54, 1.807) is 0 Å². The molecule has 1 heterocycles. The molecule has 6 heteroatoms. The van der Waals surface area contributed by atoms with Crippen molar-refractivity contribution in [1.29, 1.82) is 0 Å². The summed E-state index contributed by atoms with van der Waals surface area (Å²) in [6.45, 7) is 8.58. The maximum atomic E-state index is 12.5. The SMILES string of the molecule is CCC(CC)(CN)C(=O)NCC1CCN(Cc2ccccc2)CC1.Cl.Cl. The summed E-state index contributed by atoms with van der Waals surface area (Å²) in [7, 11) is 0. The highest BCUT2D eigenvalue weighted by Gasteiger charge is 2.33. The molecule has 0 radical (unpaired) electrons. The number of piperidine rings is 1. The molecule has 1 fully saturated rings. The van der Waals surface area contributed by atoms with Gasteiger partial charge in [0.2, 0.25) is 5.91 Å². The second-order valence-corrected chi connectivity index (χ2v) is 7.11. The average Bonchev–Trinajstić information content (AvgIpc) is 2.64. The van der Waals surface area contributed by atoms with E-state index in [9.17, 15) is 4.79 Å². The lowest BCUT2D eigenvalue weighted by Crippen LogP contribution is -2.47. The summed E-state index contributed by atoms with van der Waals surface area (Å²) in [6, 6.07) is 10.6. The summed E-state index contributed by atoms with van der Waals surface area (Å²) < 4.78 is 0. The molecule has 1 aliphatic heterocycles. The molecule has 0 aliphatic carbocycles. The Hall–Kier alpha value is -0.810. The van der Waals surface area contributed by atoms with Crippen molar-refractivity contribution in [2.24, 2.45) is 17.1 Å². The molecule has 0 unspecified atom stereocenters. The van der Waals surface area contributed by atoms with E-state index in [1.807, 2.05) is 0 Å². The molecule has 0 aromatic heterocycles. The number of carbonyl (C=O) groups excluding carboxylic acids is 1. The summed E-state index contributed by atoms with van der Waals surface area (Å²) in [5.74, 6) is 0.729. The fourth-order valence-electron chi connectivity index (χ4n) is 3.57. The molecule has 150 valence electrons. The first-order valence-corrected chi connectivity index (χ1v) is 9.38. The number of nitrogens with one attached hydrogen (secondary N) is 1. The van der Waals surface area contributed by atoms with Crippen LogP contribution in [0.5, 0.6) is 0 Å². The van der Waals surface area contributed by atoms with Gasteiger partial charge in [0.05, 0.1) is 5.41 Å². The van der Waals surface area contributed by atoms with E-state index in [4.69, 9.17) is 5.73 Å². The Morgan fingerprint density at radius 3 is 2.23 bits per heavy atom. The first-order valence-electron chi connectivity index (χ1n) is 9.38. The van der Waals surface area contributed by atoms with Gasteiger partial charge in [0.25, 0.3) is 0 Å². The minimum atomic E-state index is -0.381. The van der Waals surface area contributed by atoms with E-state index in [0.29, 0.717) is 12.5 Å². The maximum Gasteiger partial charge on any atom is 0.227 e. The molecule has 0 spiro atoms. The van der Waals surface area contributed by atoms with Crippen LogP contribution in [0.4, 0.5) is 0 Å². The number of hydrogen-bond donors (Lipinski definition) is 2. The second-order valence-electron chi connectivity index (χ2n) is 7.11. The van der Waals surface area contributed by atoms with Crippen molar-refractivity contribution in [2.45, 2.75) is 46.1 Å². The zero-order valence-corrected chi connectivity index (χ0v) is 17.7. The van der Waals surface area contributed by atoms with Crippen molar-refractivity contribution in [2.75, 3.05) is 26.2 Å². The number of hydrogen-bond acceptors (Lipinski definition) is 3. The van der Waals surface area contributed by atoms with Gasteiger partial charge in [0.15, 0.2) is 0 Å². The Morgan fingerprint density at radius 2 is 1.73 bits per heavy atom. The number of benzene rings is 1. The summed E-state index contributed by atoms with van der Waals surface area (Å²) in [4.78, 5) is 15.0. The van der Waals surface area contributed by atoms with Crippen LogP contribution in [0.3, 0.4) is 0 Å². The molecule has 1 aromatic rings. The van der Waals surface area contributed by atoms with Gasteiger partial charge in [-0.3, -0.25) is 9.69 Å². The molecule has 0 saturated carbocycles. The molecule has 4 nitrogen and oxygen atoms in total. The Labute approximate surface area is 171 Å². The number of carbonyl (C=O) groups is 1. The van der Waals surface area contributed by atoms with E-state index in [2.05, 4.69) is 54.4 Å². The van der Waals surface area contributed by atoms with Gasteiger partial charge in [0, 0.05) is 19.6 Å². The minimum Gasteiger partial charge on any atom is -0.355 e. The van der Waals surface area contributed by atoms with Crippen LogP contribution < -0.4 is 11.1 Å². The maximum absolute atomic E-state index is 12.5. The van der Waals surface area contributed by atoms with Crippen LogP contribution in [0, 0.1) is 11.3 Å². The standard InChI is InChI=1S/C20H33N3O.2ClH/c1-3-20(4-2,16-21)19(24)22-14-17-10-12-23(13-11-17)15-18-8-6-5-7-9-18;;/h5-9,17H,3-4,10-16,21H2,1-2H3,(H,22,24);2*1H. The zero-order chi connectivity index (χ0) is 17.4. The Balaban J connectivity index is 0.00000312. The van der Waals surface area contributed by atoms with E-state index >= 15 is 0 Å². The number of rotatable bonds is 8. The van der Waals surface area contributed by atoms with E-state index < -0.39 is 0 Å². The predicted octanol–water partition coefficient (Wildman–Crippen LogP) is 3.62. The molecule has 1 aliphatic rings. The lowest BCUT2D eigenvalue weighted by Gasteiger charge is -2.33. The van der Waals surface area contributed by atoms with E-state index in [-0.39, 0.29) is 36.1 Å². The molecule has 2 rings (SSSR count). The predicted molar refractivity (Wildman–Crippen MR) is 114 cm³/mol. The van der Waals surface area contributed by atoms with Crippen molar-refractivity contribution in [3.05, 3.63) is 35.9 Å². The van der Waals surface area contributed by atoms with E-state index in [0.717, 1.165) is 51.9 Å². The fourth-order valence-corrected chi connectivity index (χ4v) is 3.57. The first-order chi connectivity index (χ1) is 11.6. The number of amides is 1. The van der Waals surface area contributed by atoms with Crippen LogP contribution in [0.2, 0.25) is 0 Å². The summed E-state index contributed by atoms with van der Waals surface area (Å²) in [5.41, 5.74) is 6.86. The Bertz CT molecular complexity index is 493. The third kappa shape index (κ3) is 6.73. The van der Waals surface area contributed by atoms with E-state index in [1.165, 1.54) is 5.56 Å². The lowest BCUT2D eigenvalue weighted by molar-refractivity contribution is -0.131. The largest absolute Gasteiger partial charge is 0.355 e. The summed E-state index contributed by atoms with van der Waals surface area (Å²) in [5, 5.41) is 3.17. The van der Waals surface area contributed by atoms with Crippen LogP contribution in [-0.2, 0) is 11.3 Å². The zero-order valence-electron chi connectivity index (χ0n) is 16.1. The molecular weight excluding hydrogens is 369 g/mol. The van der Waals surface area contributed by atoms with Gasteiger partial charge in [-0.15, -0.1) is 24.8 Å². The molecule has 1 saturated heterocycles. The Kier molecular flexibility index (Phi) is 12.2. The van der Waals surface area contributed by atoms with Crippen LogP contribution in [0.1, 0.15) is 45.1 Å². The lowest BCUT2D eigenvalue weighted by atomic mass is 9.81. The van der Waals surface area contributed by atoms with Gasteiger partial charge in [-0.25, -0.2) is 0 Å². The quantitative estimate of drug-likeness (QED) is 0.696. The number of nitrogens with two attached hydrogens (primary N) is 1. The van der Waals surface area contributed by atoms with Gasteiger partial charge in [-0.05, 0) is 50.3 Å². The van der Waals surface area contributed by atoms with Crippen molar-refractivity contribution >= 4 is 30.7 Å². The van der Waals surface area contributed by atoms with Gasteiger partial charge in [-0.1, -0.05) is 44.2 Å². The molecule has 26 heavy (non-hydrogen) atoms. The summed E-state index contributed by atoms with van der Waals surface area (Å²) >= 11 is 0. The van der Waals surface area contributed by atoms with Gasteiger partial charge >= 0.3 is 0 Å². The second kappa shape index (κ2) is 12.6. The van der Waals surface area contributed by atoms with Crippen LogP contribution in [-0.4, -0.2) is 37.0 Å².